The number of likely N-dealkylation sites (tertiary alicyclic amines) is 1. The van der Waals surface area contributed by atoms with Crippen molar-refractivity contribution in [3.05, 3.63) is 46.5 Å². The van der Waals surface area contributed by atoms with Gasteiger partial charge in [0.15, 0.2) is 5.13 Å². The minimum absolute atomic E-state index is 0.142. The van der Waals surface area contributed by atoms with Crippen LogP contribution < -0.4 is 5.32 Å². The molecule has 7 heteroatoms. The Morgan fingerprint density at radius 2 is 2.04 bits per heavy atom. The number of anilines is 1. The summed E-state index contributed by atoms with van der Waals surface area (Å²) in [5.41, 5.74) is 2.43. The topological polar surface area (TPSA) is 79.4 Å². The van der Waals surface area contributed by atoms with Crippen LogP contribution in [0, 0.1) is 6.92 Å². The number of imide groups is 1. The van der Waals surface area contributed by atoms with Crippen LogP contribution in [0.1, 0.15) is 41.7 Å². The summed E-state index contributed by atoms with van der Waals surface area (Å²) in [6.45, 7) is 2.37. The molecule has 1 saturated heterocycles. The first-order chi connectivity index (χ1) is 12.5. The molecule has 3 amide bonds. The third-order valence-corrected chi connectivity index (χ3v) is 5.11. The third kappa shape index (κ3) is 4.76. The smallest absolute Gasteiger partial charge is 0.229 e. The highest BCUT2D eigenvalue weighted by Crippen LogP contribution is 2.22. The quantitative estimate of drug-likeness (QED) is 0.759. The highest BCUT2D eigenvalue weighted by molar-refractivity contribution is 7.15. The van der Waals surface area contributed by atoms with Gasteiger partial charge >= 0.3 is 0 Å². The van der Waals surface area contributed by atoms with E-state index >= 15 is 0 Å². The molecule has 0 spiro atoms. The third-order valence-electron chi connectivity index (χ3n) is 4.20. The average molecular weight is 371 g/mol. The second kappa shape index (κ2) is 8.23. The first-order valence-electron chi connectivity index (χ1n) is 8.64. The van der Waals surface area contributed by atoms with Crippen LogP contribution in [0.25, 0.3) is 0 Å². The average Bonchev–Trinajstić information content (AvgIpc) is 3.15. The maximum Gasteiger partial charge on any atom is 0.229 e. The number of amides is 3. The lowest BCUT2D eigenvalue weighted by molar-refractivity contribution is -0.138. The molecule has 0 atom stereocenters. The monoisotopic (exact) mass is 371 g/mol. The second-order valence-electron chi connectivity index (χ2n) is 6.39. The second-order valence-corrected chi connectivity index (χ2v) is 7.50. The van der Waals surface area contributed by atoms with Crippen LogP contribution in [0.15, 0.2) is 30.5 Å². The number of aryl methyl sites for hydroxylation is 1. The lowest BCUT2D eigenvalue weighted by Crippen LogP contribution is -2.30. The van der Waals surface area contributed by atoms with Crippen molar-refractivity contribution in [2.45, 2.75) is 39.0 Å². The number of thiazole rings is 1. The SMILES string of the molecule is Cc1cccc(Cc2cnc(NC(=O)CCCN3C(=O)CCC3=O)s2)c1. The number of hydrogen-bond donors (Lipinski definition) is 1. The predicted octanol–water partition coefficient (Wildman–Crippen LogP) is 2.91. The van der Waals surface area contributed by atoms with Crippen molar-refractivity contribution in [3.8, 4) is 0 Å². The zero-order chi connectivity index (χ0) is 18.5. The van der Waals surface area contributed by atoms with Crippen molar-refractivity contribution in [1.29, 1.82) is 0 Å². The molecule has 0 aliphatic carbocycles. The fraction of sp³-hybridized carbons (Fsp3) is 0.368. The van der Waals surface area contributed by atoms with Crippen molar-refractivity contribution in [2.75, 3.05) is 11.9 Å². The first-order valence-corrected chi connectivity index (χ1v) is 9.46. The van der Waals surface area contributed by atoms with Crippen LogP contribution in [0.5, 0.6) is 0 Å². The van der Waals surface area contributed by atoms with E-state index in [2.05, 4.69) is 35.4 Å². The standard InChI is InChI=1S/C19H21N3O3S/c1-13-4-2-5-14(10-13)11-15-12-20-19(26-15)21-16(23)6-3-9-22-17(24)7-8-18(22)25/h2,4-5,10,12H,3,6-9,11H2,1H3,(H,20,21,23). The zero-order valence-corrected chi connectivity index (χ0v) is 15.5. The molecule has 1 aromatic carbocycles. The molecule has 2 aromatic rings. The summed E-state index contributed by atoms with van der Waals surface area (Å²) in [7, 11) is 0. The van der Waals surface area contributed by atoms with Crippen LogP contribution in [-0.4, -0.2) is 34.2 Å². The Bertz CT molecular complexity index is 815. The summed E-state index contributed by atoms with van der Waals surface area (Å²) >= 11 is 1.46. The van der Waals surface area contributed by atoms with E-state index in [0.717, 1.165) is 11.3 Å². The van der Waals surface area contributed by atoms with Gasteiger partial charge in [-0.15, -0.1) is 11.3 Å². The van der Waals surface area contributed by atoms with E-state index < -0.39 is 0 Å². The maximum atomic E-state index is 12.0. The molecule has 1 aromatic heterocycles. The van der Waals surface area contributed by atoms with E-state index in [0.29, 0.717) is 18.1 Å². The van der Waals surface area contributed by atoms with Crippen molar-refractivity contribution in [2.24, 2.45) is 0 Å². The minimum atomic E-state index is -0.152. The predicted molar refractivity (Wildman–Crippen MR) is 99.9 cm³/mol. The van der Waals surface area contributed by atoms with Gasteiger partial charge in [-0.05, 0) is 18.9 Å². The van der Waals surface area contributed by atoms with Crippen molar-refractivity contribution in [1.82, 2.24) is 9.88 Å². The van der Waals surface area contributed by atoms with Gasteiger partial charge in [-0.3, -0.25) is 19.3 Å². The lowest BCUT2D eigenvalue weighted by atomic mass is 10.1. The van der Waals surface area contributed by atoms with Crippen LogP contribution in [0.3, 0.4) is 0 Å². The van der Waals surface area contributed by atoms with Gasteiger partial charge in [0.25, 0.3) is 0 Å². The van der Waals surface area contributed by atoms with Crippen LogP contribution in [0.2, 0.25) is 0 Å². The van der Waals surface area contributed by atoms with Gasteiger partial charge in [-0.25, -0.2) is 4.98 Å². The fourth-order valence-electron chi connectivity index (χ4n) is 2.92. The Hall–Kier alpha value is -2.54. The van der Waals surface area contributed by atoms with E-state index in [4.69, 9.17) is 0 Å². The van der Waals surface area contributed by atoms with Gasteiger partial charge < -0.3 is 5.32 Å². The normalized spacial score (nSPS) is 14.1. The number of benzene rings is 1. The van der Waals surface area contributed by atoms with Gasteiger partial charge in [0.2, 0.25) is 17.7 Å². The molecule has 0 unspecified atom stereocenters. The Labute approximate surface area is 156 Å². The maximum absolute atomic E-state index is 12.0. The molecule has 3 rings (SSSR count). The van der Waals surface area contributed by atoms with Crippen molar-refractivity contribution >= 4 is 34.2 Å². The summed E-state index contributed by atoms with van der Waals surface area (Å²) in [5, 5.41) is 3.36. The Kier molecular flexibility index (Phi) is 5.78. The summed E-state index contributed by atoms with van der Waals surface area (Å²) in [6, 6.07) is 8.31. The molecular formula is C19H21N3O3S. The van der Waals surface area contributed by atoms with E-state index in [-0.39, 0.29) is 37.0 Å². The number of nitrogens with zero attached hydrogens (tertiary/aromatic N) is 2. The summed E-state index contributed by atoms with van der Waals surface area (Å²) < 4.78 is 0. The van der Waals surface area contributed by atoms with Crippen LogP contribution in [0.4, 0.5) is 5.13 Å². The Morgan fingerprint density at radius 1 is 1.27 bits per heavy atom. The molecule has 0 bridgehead atoms. The number of rotatable bonds is 7. The van der Waals surface area contributed by atoms with Gasteiger partial charge in [-0.1, -0.05) is 29.8 Å². The van der Waals surface area contributed by atoms with Crippen molar-refractivity contribution in [3.63, 3.8) is 0 Å². The number of carbonyl (C=O) groups is 3. The number of hydrogen-bond acceptors (Lipinski definition) is 5. The molecule has 136 valence electrons. The highest BCUT2D eigenvalue weighted by atomic mass is 32.1. The van der Waals surface area contributed by atoms with Crippen LogP contribution >= 0.6 is 11.3 Å². The molecule has 2 heterocycles. The molecule has 1 N–H and O–H groups in total. The Balaban J connectivity index is 1.45. The van der Waals surface area contributed by atoms with Gasteiger partial charge in [0.05, 0.1) is 0 Å². The van der Waals surface area contributed by atoms with Gasteiger partial charge in [-0.2, -0.15) is 0 Å². The first kappa shape index (κ1) is 18.3. The number of carbonyl (C=O) groups excluding carboxylic acids is 3. The fourth-order valence-corrected chi connectivity index (χ4v) is 3.78. The van der Waals surface area contributed by atoms with E-state index in [1.54, 1.807) is 6.20 Å². The summed E-state index contributed by atoms with van der Waals surface area (Å²) in [4.78, 5) is 41.7. The summed E-state index contributed by atoms with van der Waals surface area (Å²) in [5.74, 6) is -0.437. The lowest BCUT2D eigenvalue weighted by Gasteiger charge is -2.12. The van der Waals surface area contributed by atoms with Crippen molar-refractivity contribution < 1.29 is 14.4 Å². The summed E-state index contributed by atoms with van der Waals surface area (Å²) in [6.07, 6.45) is 3.86. The molecule has 0 saturated carbocycles. The number of aromatic nitrogens is 1. The van der Waals surface area contributed by atoms with Gasteiger partial charge in [0, 0.05) is 43.3 Å². The van der Waals surface area contributed by atoms with E-state index in [1.807, 2.05) is 6.07 Å². The molecule has 26 heavy (non-hydrogen) atoms. The van der Waals surface area contributed by atoms with E-state index in [1.165, 1.54) is 27.4 Å². The molecule has 1 aliphatic rings. The molecular weight excluding hydrogens is 350 g/mol. The van der Waals surface area contributed by atoms with E-state index in [9.17, 15) is 14.4 Å². The Morgan fingerprint density at radius 3 is 2.77 bits per heavy atom. The largest absolute Gasteiger partial charge is 0.302 e. The highest BCUT2D eigenvalue weighted by Gasteiger charge is 2.28. The molecule has 6 nitrogen and oxygen atoms in total. The van der Waals surface area contributed by atoms with Gasteiger partial charge in [0.1, 0.15) is 0 Å². The minimum Gasteiger partial charge on any atom is -0.302 e. The number of nitrogens with one attached hydrogen (secondary N) is 1. The molecule has 1 fully saturated rings. The van der Waals surface area contributed by atoms with Crippen LogP contribution in [-0.2, 0) is 20.8 Å². The molecule has 0 radical (unpaired) electrons. The molecule has 1 aliphatic heterocycles. The zero-order valence-electron chi connectivity index (χ0n) is 14.7.